The van der Waals surface area contributed by atoms with E-state index in [0.29, 0.717) is 18.0 Å². The van der Waals surface area contributed by atoms with Crippen LogP contribution in [-0.2, 0) is 11.3 Å². The van der Waals surface area contributed by atoms with Crippen molar-refractivity contribution in [2.24, 2.45) is 0 Å². The summed E-state index contributed by atoms with van der Waals surface area (Å²) in [5, 5.41) is 2.89. The second kappa shape index (κ2) is 10.7. The summed E-state index contributed by atoms with van der Waals surface area (Å²) < 4.78 is 5.27. The van der Waals surface area contributed by atoms with Gasteiger partial charge in [0.05, 0.1) is 19.3 Å². The number of rotatable bonds is 8. The minimum atomic E-state index is -0.0975. The maximum absolute atomic E-state index is 12.5. The van der Waals surface area contributed by atoms with Crippen molar-refractivity contribution in [2.75, 3.05) is 39.6 Å². The van der Waals surface area contributed by atoms with Gasteiger partial charge in [0, 0.05) is 25.5 Å². The Labute approximate surface area is 170 Å². The first kappa shape index (κ1) is 21.8. The second-order valence-electron chi connectivity index (χ2n) is 6.46. The zero-order valence-electron chi connectivity index (χ0n) is 16.8. The summed E-state index contributed by atoms with van der Waals surface area (Å²) in [6, 6.07) is 15.2. The van der Waals surface area contributed by atoms with Crippen LogP contribution >= 0.6 is 11.8 Å². The van der Waals surface area contributed by atoms with Crippen LogP contribution in [0.3, 0.4) is 0 Å². The molecule has 0 aliphatic carbocycles. The summed E-state index contributed by atoms with van der Waals surface area (Å²) in [4.78, 5) is 28.8. The third kappa shape index (κ3) is 6.58. The Bertz CT molecular complexity index is 811. The normalized spacial score (nSPS) is 10.6. The molecule has 28 heavy (non-hydrogen) atoms. The van der Waals surface area contributed by atoms with E-state index in [4.69, 9.17) is 4.74 Å². The van der Waals surface area contributed by atoms with Gasteiger partial charge >= 0.3 is 0 Å². The molecule has 0 radical (unpaired) electrons. The van der Waals surface area contributed by atoms with Crippen LogP contribution in [0.5, 0.6) is 5.75 Å². The quantitative estimate of drug-likeness (QED) is 0.679. The van der Waals surface area contributed by atoms with Crippen molar-refractivity contribution >= 4 is 28.6 Å². The lowest BCUT2D eigenvalue weighted by molar-refractivity contribution is -0.117. The summed E-state index contributed by atoms with van der Waals surface area (Å²) in [5.41, 5.74) is 1.72. The van der Waals surface area contributed by atoms with E-state index in [9.17, 15) is 9.59 Å². The number of carbonyl (C=O) groups excluding carboxylic acids is 2. The summed E-state index contributed by atoms with van der Waals surface area (Å²) >= 11 is 1.20. The number of likely N-dealkylation sites (N-methyl/N-ethyl adjacent to an activating group) is 1. The fourth-order valence-corrected chi connectivity index (χ4v) is 3.32. The van der Waals surface area contributed by atoms with Gasteiger partial charge in [-0.25, -0.2) is 0 Å². The molecule has 2 aromatic rings. The number of hydrogen-bond acceptors (Lipinski definition) is 5. The van der Waals surface area contributed by atoms with Crippen LogP contribution in [0.15, 0.2) is 53.4 Å². The minimum Gasteiger partial charge on any atom is -0.495 e. The van der Waals surface area contributed by atoms with Crippen LogP contribution in [0, 0.1) is 0 Å². The van der Waals surface area contributed by atoms with Gasteiger partial charge in [-0.15, -0.1) is 0 Å². The first-order valence-electron chi connectivity index (χ1n) is 9.06. The number of nitrogens with zero attached hydrogens (tertiary/aromatic N) is 2. The molecule has 0 atom stereocenters. The highest BCUT2D eigenvalue weighted by molar-refractivity contribution is 8.13. The molecule has 0 aliphatic heterocycles. The zero-order chi connectivity index (χ0) is 20.5. The fraction of sp³-hybridized carbons (Fsp3) is 0.333. The molecule has 0 saturated heterocycles. The van der Waals surface area contributed by atoms with Crippen LogP contribution in [0.25, 0.3) is 0 Å². The number of carbonyl (C=O) groups is 2. The average molecular weight is 402 g/mol. The minimum absolute atomic E-state index is 0.0133. The summed E-state index contributed by atoms with van der Waals surface area (Å²) in [6.07, 6.45) is 0. The van der Waals surface area contributed by atoms with Crippen molar-refractivity contribution in [2.45, 2.75) is 18.4 Å². The van der Waals surface area contributed by atoms with E-state index in [-0.39, 0.29) is 17.7 Å². The standard InChI is InChI=1S/C21H27N3O3S/c1-5-24(15-20(25)22-18-11-6-7-12-19(18)27-4)14-16-9-8-10-17(13-16)28-21(26)23(2)3/h6-13H,5,14-15H2,1-4H3,(H,22,25). The van der Waals surface area contributed by atoms with Crippen molar-refractivity contribution in [1.82, 2.24) is 9.80 Å². The highest BCUT2D eigenvalue weighted by Crippen LogP contribution is 2.24. The smallest absolute Gasteiger partial charge is 0.285 e. The van der Waals surface area contributed by atoms with Crippen LogP contribution in [0.1, 0.15) is 12.5 Å². The number of para-hydroxylation sites is 2. The molecular formula is C21H27N3O3S. The first-order chi connectivity index (χ1) is 13.4. The Hall–Kier alpha value is -2.51. The maximum atomic E-state index is 12.5. The van der Waals surface area contributed by atoms with Gasteiger partial charge in [0.1, 0.15) is 5.75 Å². The van der Waals surface area contributed by atoms with E-state index < -0.39 is 0 Å². The molecule has 150 valence electrons. The molecule has 2 amide bonds. The summed E-state index contributed by atoms with van der Waals surface area (Å²) in [7, 11) is 5.05. The molecule has 0 fully saturated rings. The van der Waals surface area contributed by atoms with E-state index in [2.05, 4.69) is 5.32 Å². The van der Waals surface area contributed by atoms with Gasteiger partial charge in [0.15, 0.2) is 0 Å². The predicted octanol–water partition coefficient (Wildman–Crippen LogP) is 3.93. The van der Waals surface area contributed by atoms with Crippen LogP contribution in [0.2, 0.25) is 0 Å². The lowest BCUT2D eigenvalue weighted by Gasteiger charge is -2.20. The molecule has 0 bridgehead atoms. The van der Waals surface area contributed by atoms with Crippen LogP contribution in [0.4, 0.5) is 10.5 Å². The van der Waals surface area contributed by atoms with Crippen LogP contribution in [-0.4, -0.2) is 55.2 Å². The lowest BCUT2D eigenvalue weighted by atomic mass is 10.2. The van der Waals surface area contributed by atoms with Crippen LogP contribution < -0.4 is 10.1 Å². The molecule has 0 aromatic heterocycles. The number of hydrogen-bond donors (Lipinski definition) is 1. The second-order valence-corrected chi connectivity index (χ2v) is 7.49. The van der Waals surface area contributed by atoms with Gasteiger partial charge in [0.2, 0.25) is 5.91 Å². The summed E-state index contributed by atoms with van der Waals surface area (Å²) in [5.74, 6) is 0.536. The Kier molecular flexibility index (Phi) is 8.35. The van der Waals surface area contributed by atoms with E-state index in [0.717, 1.165) is 17.0 Å². The third-order valence-electron chi connectivity index (χ3n) is 4.07. The van der Waals surface area contributed by atoms with Gasteiger partial charge in [0.25, 0.3) is 5.24 Å². The number of benzene rings is 2. The summed E-state index contributed by atoms with van der Waals surface area (Å²) in [6.45, 7) is 3.64. The highest BCUT2D eigenvalue weighted by Gasteiger charge is 2.13. The van der Waals surface area contributed by atoms with Crippen molar-refractivity contribution in [3.63, 3.8) is 0 Å². The first-order valence-corrected chi connectivity index (χ1v) is 9.88. The third-order valence-corrected chi connectivity index (χ3v) is 5.10. The topological polar surface area (TPSA) is 61.9 Å². The molecule has 7 heteroatoms. The van der Waals surface area contributed by atoms with Crippen molar-refractivity contribution in [1.29, 1.82) is 0 Å². The molecule has 6 nitrogen and oxygen atoms in total. The van der Waals surface area contributed by atoms with Gasteiger partial charge in [-0.2, -0.15) is 0 Å². The van der Waals surface area contributed by atoms with Gasteiger partial charge in [-0.05, 0) is 48.1 Å². The predicted molar refractivity (Wildman–Crippen MR) is 114 cm³/mol. The Morgan fingerprint density at radius 1 is 1.11 bits per heavy atom. The van der Waals surface area contributed by atoms with Gasteiger partial charge < -0.3 is 15.0 Å². The lowest BCUT2D eigenvalue weighted by Crippen LogP contribution is -2.32. The number of nitrogens with one attached hydrogen (secondary N) is 1. The number of ether oxygens (including phenoxy) is 1. The molecule has 2 rings (SSSR count). The number of methoxy groups -OCH3 is 1. The van der Waals surface area contributed by atoms with E-state index in [1.165, 1.54) is 11.8 Å². The van der Waals surface area contributed by atoms with E-state index in [1.54, 1.807) is 26.1 Å². The number of thioether (sulfide) groups is 1. The SMILES string of the molecule is CCN(CC(=O)Nc1ccccc1OC)Cc1cccc(SC(=O)N(C)C)c1. The molecule has 0 spiro atoms. The van der Waals surface area contributed by atoms with Crippen molar-refractivity contribution in [3.8, 4) is 5.75 Å². The molecule has 2 aromatic carbocycles. The molecule has 0 unspecified atom stereocenters. The van der Waals surface area contributed by atoms with E-state index in [1.807, 2.05) is 60.4 Å². The van der Waals surface area contributed by atoms with E-state index >= 15 is 0 Å². The van der Waals surface area contributed by atoms with Gasteiger partial charge in [-0.1, -0.05) is 31.2 Å². The molecule has 0 heterocycles. The highest BCUT2D eigenvalue weighted by atomic mass is 32.2. The largest absolute Gasteiger partial charge is 0.495 e. The monoisotopic (exact) mass is 401 g/mol. The van der Waals surface area contributed by atoms with Crippen molar-refractivity contribution in [3.05, 3.63) is 54.1 Å². The maximum Gasteiger partial charge on any atom is 0.285 e. The average Bonchev–Trinajstić information content (AvgIpc) is 2.68. The Morgan fingerprint density at radius 2 is 1.86 bits per heavy atom. The Morgan fingerprint density at radius 3 is 2.54 bits per heavy atom. The number of anilines is 1. The molecule has 0 saturated carbocycles. The zero-order valence-corrected chi connectivity index (χ0v) is 17.6. The molecular weight excluding hydrogens is 374 g/mol. The Balaban J connectivity index is 1.98. The molecule has 1 N–H and O–H groups in total. The number of amides is 2. The molecule has 0 aliphatic rings. The van der Waals surface area contributed by atoms with Crippen molar-refractivity contribution < 1.29 is 14.3 Å². The fourth-order valence-electron chi connectivity index (χ4n) is 2.58. The van der Waals surface area contributed by atoms with Gasteiger partial charge in [-0.3, -0.25) is 14.5 Å².